The normalized spacial score (nSPS) is 23.7. The second-order valence-corrected chi connectivity index (χ2v) is 7.96. The Morgan fingerprint density at radius 2 is 2.15 bits per heavy atom. The van der Waals surface area contributed by atoms with Crippen molar-refractivity contribution in [1.29, 1.82) is 0 Å². The van der Waals surface area contributed by atoms with Crippen molar-refractivity contribution in [2.45, 2.75) is 17.4 Å². The Labute approximate surface area is 128 Å². The van der Waals surface area contributed by atoms with Gasteiger partial charge in [-0.05, 0) is 37.1 Å². The largest absolute Gasteiger partial charge is 0.326 e. The van der Waals surface area contributed by atoms with Crippen LogP contribution in [-0.4, -0.2) is 30.5 Å². The van der Waals surface area contributed by atoms with Crippen LogP contribution in [0.4, 0.5) is 5.69 Å². The van der Waals surface area contributed by atoms with E-state index >= 15 is 0 Å². The molecule has 2 aliphatic rings. The third-order valence-corrected chi connectivity index (χ3v) is 6.82. The van der Waals surface area contributed by atoms with Gasteiger partial charge in [0.25, 0.3) is 0 Å². The zero-order chi connectivity index (χ0) is 13.8. The summed E-state index contributed by atoms with van der Waals surface area (Å²) >= 11 is 3.98. The highest BCUT2D eigenvalue weighted by atomic mass is 32.2. The number of carbonyl (C=O) groups excluding carboxylic acids is 1. The summed E-state index contributed by atoms with van der Waals surface area (Å²) in [5.41, 5.74) is 2.25. The van der Waals surface area contributed by atoms with Gasteiger partial charge in [0.1, 0.15) is 0 Å². The van der Waals surface area contributed by atoms with Gasteiger partial charge < -0.3 is 10.6 Å². The maximum Gasteiger partial charge on any atom is 0.228 e. The molecule has 1 unspecified atom stereocenters. The number of rotatable bonds is 3. The van der Waals surface area contributed by atoms with Crippen molar-refractivity contribution in [2.75, 3.05) is 29.9 Å². The smallest absolute Gasteiger partial charge is 0.228 e. The van der Waals surface area contributed by atoms with Crippen LogP contribution in [0.15, 0.2) is 24.3 Å². The fourth-order valence-corrected chi connectivity index (χ4v) is 5.47. The van der Waals surface area contributed by atoms with Gasteiger partial charge in [0.15, 0.2) is 0 Å². The second-order valence-electron chi connectivity index (χ2n) is 5.23. The maximum absolute atomic E-state index is 12.2. The van der Waals surface area contributed by atoms with Crippen molar-refractivity contribution < 1.29 is 4.79 Å². The standard InChI is InChI=1S/C15H20N2OS2/c18-14(12-4-2-6-16-10-12)17-13-5-1-3-11(9-13)15-19-7-8-20-15/h1,3,5,9,12,15-16H,2,4,6-8,10H2,(H,17,18). The summed E-state index contributed by atoms with van der Waals surface area (Å²) in [5, 5.41) is 6.37. The summed E-state index contributed by atoms with van der Waals surface area (Å²) in [6, 6.07) is 8.32. The van der Waals surface area contributed by atoms with E-state index in [0.29, 0.717) is 4.58 Å². The molecular formula is C15H20N2OS2. The monoisotopic (exact) mass is 308 g/mol. The molecule has 3 nitrogen and oxygen atoms in total. The SMILES string of the molecule is O=C(Nc1cccc(C2SCCS2)c1)C1CCCNC1. The number of benzene rings is 1. The number of hydrogen-bond donors (Lipinski definition) is 2. The van der Waals surface area contributed by atoms with Gasteiger partial charge in [0, 0.05) is 23.7 Å². The van der Waals surface area contributed by atoms with E-state index in [1.54, 1.807) is 0 Å². The minimum atomic E-state index is 0.114. The van der Waals surface area contributed by atoms with Crippen molar-refractivity contribution in [3.05, 3.63) is 29.8 Å². The molecule has 0 spiro atoms. The molecule has 108 valence electrons. The lowest BCUT2D eigenvalue weighted by Crippen LogP contribution is -2.37. The molecule has 2 aliphatic heterocycles. The van der Waals surface area contributed by atoms with Crippen molar-refractivity contribution in [3.63, 3.8) is 0 Å². The molecule has 2 saturated heterocycles. The third-order valence-electron chi connectivity index (χ3n) is 3.72. The summed E-state index contributed by atoms with van der Waals surface area (Å²) in [5.74, 6) is 2.71. The molecule has 3 rings (SSSR count). The number of anilines is 1. The lowest BCUT2D eigenvalue weighted by atomic mass is 9.99. The lowest BCUT2D eigenvalue weighted by Gasteiger charge is -2.22. The average molecular weight is 308 g/mol. The van der Waals surface area contributed by atoms with E-state index in [-0.39, 0.29) is 11.8 Å². The summed E-state index contributed by atoms with van der Waals surface area (Å²) in [6.07, 6.45) is 2.08. The Morgan fingerprint density at radius 3 is 2.90 bits per heavy atom. The number of piperidine rings is 1. The van der Waals surface area contributed by atoms with Crippen LogP contribution in [0.2, 0.25) is 0 Å². The van der Waals surface area contributed by atoms with Crippen LogP contribution in [0.25, 0.3) is 0 Å². The highest BCUT2D eigenvalue weighted by molar-refractivity contribution is 8.19. The van der Waals surface area contributed by atoms with E-state index in [2.05, 4.69) is 22.8 Å². The predicted molar refractivity (Wildman–Crippen MR) is 88.3 cm³/mol. The highest BCUT2D eigenvalue weighted by Crippen LogP contribution is 2.45. The Hall–Kier alpha value is -0.650. The Balaban J connectivity index is 1.64. The van der Waals surface area contributed by atoms with E-state index in [0.717, 1.165) is 31.6 Å². The molecular weight excluding hydrogens is 288 g/mol. The van der Waals surface area contributed by atoms with Gasteiger partial charge >= 0.3 is 0 Å². The molecule has 0 aromatic heterocycles. The molecule has 1 aromatic rings. The number of carbonyl (C=O) groups is 1. The highest BCUT2D eigenvalue weighted by Gasteiger charge is 2.22. The van der Waals surface area contributed by atoms with Crippen LogP contribution >= 0.6 is 23.5 Å². The van der Waals surface area contributed by atoms with Gasteiger partial charge in [-0.2, -0.15) is 0 Å². The minimum Gasteiger partial charge on any atom is -0.326 e. The van der Waals surface area contributed by atoms with Crippen LogP contribution in [0.5, 0.6) is 0 Å². The molecule has 2 fully saturated rings. The zero-order valence-corrected chi connectivity index (χ0v) is 13.1. The van der Waals surface area contributed by atoms with Gasteiger partial charge in [-0.1, -0.05) is 12.1 Å². The van der Waals surface area contributed by atoms with Gasteiger partial charge in [-0.15, -0.1) is 23.5 Å². The first-order chi connectivity index (χ1) is 9.83. The molecule has 0 bridgehead atoms. The van der Waals surface area contributed by atoms with E-state index in [1.165, 1.54) is 17.1 Å². The van der Waals surface area contributed by atoms with Gasteiger partial charge in [0.05, 0.1) is 10.5 Å². The van der Waals surface area contributed by atoms with Crippen molar-refractivity contribution >= 4 is 35.1 Å². The molecule has 1 amide bonds. The lowest BCUT2D eigenvalue weighted by molar-refractivity contribution is -0.120. The van der Waals surface area contributed by atoms with E-state index in [1.807, 2.05) is 35.7 Å². The number of hydrogen-bond acceptors (Lipinski definition) is 4. The van der Waals surface area contributed by atoms with Gasteiger partial charge in [-0.3, -0.25) is 4.79 Å². The van der Waals surface area contributed by atoms with E-state index in [4.69, 9.17) is 0 Å². The van der Waals surface area contributed by atoms with Crippen molar-refractivity contribution in [3.8, 4) is 0 Å². The van der Waals surface area contributed by atoms with Crippen LogP contribution in [0.3, 0.4) is 0 Å². The molecule has 0 aliphatic carbocycles. The molecule has 0 radical (unpaired) electrons. The number of nitrogens with one attached hydrogen (secondary N) is 2. The first kappa shape index (κ1) is 14.3. The molecule has 5 heteroatoms. The van der Waals surface area contributed by atoms with Crippen LogP contribution < -0.4 is 10.6 Å². The maximum atomic E-state index is 12.2. The minimum absolute atomic E-state index is 0.114. The van der Waals surface area contributed by atoms with Crippen LogP contribution in [0.1, 0.15) is 23.0 Å². The van der Waals surface area contributed by atoms with E-state index < -0.39 is 0 Å². The zero-order valence-electron chi connectivity index (χ0n) is 11.4. The van der Waals surface area contributed by atoms with Crippen molar-refractivity contribution in [2.24, 2.45) is 5.92 Å². The van der Waals surface area contributed by atoms with Gasteiger partial charge in [-0.25, -0.2) is 0 Å². The summed E-state index contributed by atoms with van der Waals surface area (Å²) in [7, 11) is 0. The summed E-state index contributed by atoms with van der Waals surface area (Å²) < 4.78 is 0.531. The Kier molecular flexibility index (Phi) is 4.91. The second kappa shape index (κ2) is 6.87. The van der Waals surface area contributed by atoms with E-state index in [9.17, 15) is 4.79 Å². The van der Waals surface area contributed by atoms with Crippen molar-refractivity contribution in [1.82, 2.24) is 5.32 Å². The summed E-state index contributed by atoms with van der Waals surface area (Å²) in [4.78, 5) is 12.2. The number of amides is 1. The first-order valence-electron chi connectivity index (χ1n) is 7.18. The fraction of sp³-hybridized carbons (Fsp3) is 0.533. The fourth-order valence-electron chi connectivity index (χ4n) is 2.63. The third kappa shape index (κ3) is 3.51. The van der Waals surface area contributed by atoms with Crippen LogP contribution in [0, 0.1) is 5.92 Å². The molecule has 2 heterocycles. The Bertz CT molecular complexity index is 469. The molecule has 2 N–H and O–H groups in total. The predicted octanol–water partition coefficient (Wildman–Crippen LogP) is 3.10. The molecule has 0 saturated carbocycles. The molecule has 1 atom stereocenters. The number of thioether (sulfide) groups is 2. The first-order valence-corrected chi connectivity index (χ1v) is 9.27. The van der Waals surface area contributed by atoms with Crippen LogP contribution in [-0.2, 0) is 4.79 Å². The topological polar surface area (TPSA) is 41.1 Å². The Morgan fingerprint density at radius 1 is 1.30 bits per heavy atom. The quantitative estimate of drug-likeness (QED) is 0.900. The molecule has 1 aromatic carbocycles. The summed E-state index contributed by atoms with van der Waals surface area (Å²) in [6.45, 7) is 1.84. The average Bonchev–Trinajstić information content (AvgIpc) is 3.03. The molecule has 20 heavy (non-hydrogen) atoms. The van der Waals surface area contributed by atoms with Gasteiger partial charge in [0.2, 0.25) is 5.91 Å².